The van der Waals surface area contributed by atoms with Crippen LogP contribution in [-0.2, 0) is 14.4 Å². The number of Topliss-reactive ketones (excluding diaryl/α,β-unsaturated/α-hetero) is 1. The third-order valence-electron chi connectivity index (χ3n) is 6.06. The molecule has 1 heterocycles. The minimum Gasteiger partial charge on any atom is -0.299 e. The van der Waals surface area contributed by atoms with Crippen LogP contribution in [-0.4, -0.2) is 17.6 Å². The highest BCUT2D eigenvalue weighted by molar-refractivity contribution is 6.24. The summed E-state index contributed by atoms with van der Waals surface area (Å²) in [5, 5.41) is 2.08. The molecular weight excluding hydrogens is 302 g/mol. The van der Waals surface area contributed by atoms with Crippen molar-refractivity contribution in [2.75, 3.05) is 4.90 Å². The molecule has 0 radical (unpaired) electrons. The Morgan fingerprint density at radius 3 is 2.38 bits per heavy atom. The van der Waals surface area contributed by atoms with Gasteiger partial charge in [0, 0.05) is 12.3 Å². The second kappa shape index (κ2) is 4.76. The Bertz CT molecular complexity index is 903. The first kappa shape index (κ1) is 13.9. The molecule has 24 heavy (non-hydrogen) atoms. The first-order valence-corrected chi connectivity index (χ1v) is 8.54. The molecular formula is C20H17NO3. The fraction of sp³-hybridized carbons (Fsp3) is 0.350. The van der Waals surface area contributed by atoms with E-state index < -0.39 is 5.92 Å². The molecule has 4 unspecified atom stereocenters. The molecule has 2 bridgehead atoms. The van der Waals surface area contributed by atoms with Gasteiger partial charge in [-0.1, -0.05) is 30.3 Å². The lowest BCUT2D eigenvalue weighted by Crippen LogP contribution is -2.46. The van der Waals surface area contributed by atoms with Gasteiger partial charge in [0.05, 0.1) is 17.5 Å². The highest BCUT2D eigenvalue weighted by Gasteiger charge is 2.60. The number of imide groups is 1. The molecule has 3 saturated carbocycles. The SMILES string of the molecule is O=C1CC2CCC1C1C(=O)N(c3ccc4ccccc4c3)C(=O)C21. The molecule has 4 nitrogen and oxygen atoms in total. The number of benzene rings is 2. The van der Waals surface area contributed by atoms with Crippen molar-refractivity contribution >= 4 is 34.1 Å². The Morgan fingerprint density at radius 2 is 1.58 bits per heavy atom. The minimum atomic E-state index is -0.427. The van der Waals surface area contributed by atoms with E-state index in [-0.39, 0.29) is 35.4 Å². The topological polar surface area (TPSA) is 54.5 Å². The molecule has 2 aromatic carbocycles. The zero-order valence-corrected chi connectivity index (χ0v) is 13.1. The number of carbonyl (C=O) groups excluding carboxylic acids is 3. The lowest BCUT2D eigenvalue weighted by atomic mass is 9.59. The van der Waals surface area contributed by atoms with E-state index in [1.165, 1.54) is 4.90 Å². The van der Waals surface area contributed by atoms with Crippen LogP contribution in [0.1, 0.15) is 19.3 Å². The lowest BCUT2D eigenvalue weighted by molar-refractivity contribution is -0.143. The van der Waals surface area contributed by atoms with E-state index in [4.69, 9.17) is 0 Å². The summed E-state index contributed by atoms with van der Waals surface area (Å²) in [6.07, 6.45) is 2.12. The number of nitrogens with zero attached hydrogens (tertiary/aromatic N) is 1. The molecule has 4 heteroatoms. The molecule has 1 aliphatic heterocycles. The van der Waals surface area contributed by atoms with E-state index in [1.807, 2.05) is 42.5 Å². The summed E-state index contributed by atoms with van der Waals surface area (Å²) in [5.41, 5.74) is 0.630. The number of rotatable bonds is 1. The van der Waals surface area contributed by atoms with Gasteiger partial charge < -0.3 is 0 Å². The summed E-state index contributed by atoms with van der Waals surface area (Å²) in [4.78, 5) is 39.5. The Kier molecular flexibility index (Phi) is 2.76. The summed E-state index contributed by atoms with van der Waals surface area (Å²) >= 11 is 0. The number of fused-ring (bicyclic) bond motifs is 3. The van der Waals surface area contributed by atoms with Crippen LogP contribution < -0.4 is 4.90 Å². The Balaban J connectivity index is 1.60. The molecule has 4 aliphatic rings. The zero-order valence-electron chi connectivity index (χ0n) is 13.1. The molecule has 3 aliphatic carbocycles. The fourth-order valence-corrected chi connectivity index (χ4v) is 4.95. The number of carbonyl (C=O) groups is 3. The number of ketones is 1. The molecule has 4 fully saturated rings. The minimum absolute atomic E-state index is 0.0504. The summed E-state index contributed by atoms with van der Waals surface area (Å²) < 4.78 is 0. The van der Waals surface area contributed by atoms with E-state index in [1.54, 1.807) is 0 Å². The van der Waals surface area contributed by atoms with Crippen LogP contribution in [0.3, 0.4) is 0 Å². The number of amides is 2. The van der Waals surface area contributed by atoms with Gasteiger partial charge in [-0.3, -0.25) is 19.3 Å². The smallest absolute Gasteiger partial charge is 0.238 e. The van der Waals surface area contributed by atoms with Gasteiger partial charge in [-0.15, -0.1) is 0 Å². The largest absolute Gasteiger partial charge is 0.299 e. The maximum Gasteiger partial charge on any atom is 0.238 e. The average Bonchev–Trinajstić information content (AvgIpc) is 2.88. The van der Waals surface area contributed by atoms with Crippen molar-refractivity contribution < 1.29 is 14.4 Å². The second-order valence-corrected chi connectivity index (χ2v) is 7.21. The Labute approximate surface area is 139 Å². The van der Waals surface area contributed by atoms with E-state index in [0.29, 0.717) is 12.1 Å². The first-order chi connectivity index (χ1) is 11.6. The van der Waals surface area contributed by atoms with E-state index >= 15 is 0 Å². The molecule has 2 amide bonds. The summed E-state index contributed by atoms with van der Waals surface area (Å²) in [6.45, 7) is 0. The van der Waals surface area contributed by atoms with Crippen molar-refractivity contribution in [1.29, 1.82) is 0 Å². The van der Waals surface area contributed by atoms with E-state index in [2.05, 4.69) is 0 Å². The van der Waals surface area contributed by atoms with Gasteiger partial charge in [-0.2, -0.15) is 0 Å². The highest BCUT2D eigenvalue weighted by atomic mass is 16.2. The van der Waals surface area contributed by atoms with Gasteiger partial charge in [-0.05, 0) is 41.7 Å². The summed E-state index contributed by atoms with van der Waals surface area (Å²) in [6, 6.07) is 13.6. The van der Waals surface area contributed by atoms with Crippen LogP contribution in [0.15, 0.2) is 42.5 Å². The van der Waals surface area contributed by atoms with Crippen molar-refractivity contribution in [3.63, 3.8) is 0 Å². The predicted molar refractivity (Wildman–Crippen MR) is 89.3 cm³/mol. The van der Waals surface area contributed by atoms with Crippen molar-refractivity contribution in [3.05, 3.63) is 42.5 Å². The lowest BCUT2D eigenvalue weighted by Gasteiger charge is -2.41. The fourth-order valence-electron chi connectivity index (χ4n) is 4.95. The third kappa shape index (κ3) is 1.71. The molecule has 4 atom stereocenters. The number of hydrogen-bond donors (Lipinski definition) is 0. The molecule has 0 spiro atoms. The molecule has 1 saturated heterocycles. The summed E-state index contributed by atoms with van der Waals surface area (Å²) in [5.74, 6) is -1.03. The normalized spacial score (nSPS) is 31.8. The number of hydrogen-bond acceptors (Lipinski definition) is 3. The van der Waals surface area contributed by atoms with Crippen molar-refractivity contribution in [3.8, 4) is 0 Å². The van der Waals surface area contributed by atoms with Gasteiger partial charge in [-0.25, -0.2) is 0 Å². The maximum atomic E-state index is 13.0. The van der Waals surface area contributed by atoms with Crippen LogP contribution in [0.5, 0.6) is 0 Å². The molecule has 6 rings (SSSR count). The van der Waals surface area contributed by atoms with Crippen LogP contribution in [0, 0.1) is 23.7 Å². The Hall–Kier alpha value is -2.49. The van der Waals surface area contributed by atoms with E-state index in [0.717, 1.165) is 23.6 Å². The number of anilines is 1. The van der Waals surface area contributed by atoms with Gasteiger partial charge >= 0.3 is 0 Å². The first-order valence-electron chi connectivity index (χ1n) is 8.54. The standard InChI is InChI=1S/C20H17NO3/c22-16-10-13-6-8-15(16)18-17(13)19(23)21(20(18)24)14-7-5-11-3-1-2-4-12(11)9-14/h1-5,7,9,13,15,17-18H,6,8,10H2. The van der Waals surface area contributed by atoms with Gasteiger partial charge in [0.15, 0.2) is 0 Å². The summed E-state index contributed by atoms with van der Waals surface area (Å²) in [7, 11) is 0. The Morgan fingerprint density at radius 1 is 0.833 bits per heavy atom. The maximum absolute atomic E-state index is 13.0. The van der Waals surface area contributed by atoms with Crippen LogP contribution in [0.2, 0.25) is 0 Å². The monoisotopic (exact) mass is 319 g/mol. The molecule has 0 aromatic heterocycles. The second-order valence-electron chi connectivity index (χ2n) is 7.21. The van der Waals surface area contributed by atoms with Gasteiger partial charge in [0.2, 0.25) is 11.8 Å². The van der Waals surface area contributed by atoms with Crippen molar-refractivity contribution in [2.24, 2.45) is 23.7 Å². The van der Waals surface area contributed by atoms with Crippen LogP contribution in [0.25, 0.3) is 10.8 Å². The molecule has 0 N–H and O–H groups in total. The van der Waals surface area contributed by atoms with Crippen molar-refractivity contribution in [1.82, 2.24) is 0 Å². The van der Waals surface area contributed by atoms with Crippen molar-refractivity contribution in [2.45, 2.75) is 19.3 Å². The quantitative estimate of drug-likeness (QED) is 0.759. The van der Waals surface area contributed by atoms with E-state index in [9.17, 15) is 14.4 Å². The average molecular weight is 319 g/mol. The molecule has 120 valence electrons. The van der Waals surface area contributed by atoms with Crippen LogP contribution in [0.4, 0.5) is 5.69 Å². The zero-order chi connectivity index (χ0) is 16.4. The highest BCUT2D eigenvalue weighted by Crippen LogP contribution is 2.52. The predicted octanol–water partition coefficient (Wildman–Crippen LogP) is 2.94. The van der Waals surface area contributed by atoms with Gasteiger partial charge in [0.1, 0.15) is 5.78 Å². The third-order valence-corrected chi connectivity index (χ3v) is 6.06. The van der Waals surface area contributed by atoms with Gasteiger partial charge in [0.25, 0.3) is 0 Å². The molecule has 2 aromatic rings. The van der Waals surface area contributed by atoms with Crippen LogP contribution >= 0.6 is 0 Å².